The molecule has 25 heavy (non-hydrogen) atoms. The lowest BCUT2D eigenvalue weighted by molar-refractivity contribution is 0.251. The van der Waals surface area contributed by atoms with Crippen LogP contribution in [0.3, 0.4) is 0 Å². The number of sulfonamides is 1. The summed E-state index contributed by atoms with van der Waals surface area (Å²) in [5.74, 6) is 0. The first-order valence-corrected chi connectivity index (χ1v) is 9.80. The van der Waals surface area contributed by atoms with Crippen LogP contribution in [-0.2, 0) is 16.6 Å². The van der Waals surface area contributed by atoms with E-state index in [0.29, 0.717) is 5.69 Å². The van der Waals surface area contributed by atoms with Crippen LogP contribution >= 0.6 is 0 Å². The van der Waals surface area contributed by atoms with E-state index in [-0.39, 0.29) is 25.7 Å². The second-order valence-corrected chi connectivity index (χ2v) is 7.81. The fourth-order valence-electron chi connectivity index (χ4n) is 2.25. The van der Waals surface area contributed by atoms with Gasteiger partial charge >= 0.3 is 6.03 Å². The van der Waals surface area contributed by atoms with Gasteiger partial charge in [-0.1, -0.05) is 48.0 Å². The van der Waals surface area contributed by atoms with Crippen molar-refractivity contribution >= 4 is 21.7 Å². The highest BCUT2D eigenvalue weighted by molar-refractivity contribution is 7.88. The number of nitrogens with one attached hydrogen (secondary N) is 2. The fourth-order valence-corrected chi connectivity index (χ4v) is 3.06. The molecule has 2 aromatic carbocycles. The van der Waals surface area contributed by atoms with E-state index in [1.165, 1.54) is 10.6 Å². The molecule has 0 atom stereocenters. The minimum absolute atomic E-state index is 0.203. The normalized spacial score (nSPS) is 11.3. The zero-order chi connectivity index (χ0) is 18.3. The highest BCUT2D eigenvalue weighted by Gasteiger charge is 2.17. The molecule has 6 nitrogen and oxygen atoms in total. The summed E-state index contributed by atoms with van der Waals surface area (Å²) < 4.78 is 25.3. The molecule has 0 radical (unpaired) electrons. The minimum Gasteiger partial charge on any atom is -0.337 e. The third-order valence-electron chi connectivity index (χ3n) is 3.63. The van der Waals surface area contributed by atoms with Crippen molar-refractivity contribution in [3.8, 4) is 0 Å². The van der Waals surface area contributed by atoms with Gasteiger partial charge in [-0.25, -0.2) is 13.2 Å². The molecule has 0 aliphatic rings. The number of hydrogen-bond donors (Lipinski definition) is 2. The molecule has 0 fully saturated rings. The SMILES string of the molecule is Cc1ccc(CN(CCNC(=O)Nc2ccccc2)S(C)(=O)=O)cc1. The van der Waals surface area contributed by atoms with Gasteiger partial charge in [0.1, 0.15) is 0 Å². The largest absolute Gasteiger partial charge is 0.337 e. The maximum Gasteiger partial charge on any atom is 0.319 e. The highest BCUT2D eigenvalue weighted by Crippen LogP contribution is 2.09. The van der Waals surface area contributed by atoms with Crippen LogP contribution in [0, 0.1) is 6.92 Å². The zero-order valence-electron chi connectivity index (χ0n) is 14.4. The Labute approximate surface area is 148 Å². The Morgan fingerprint density at radius 2 is 1.68 bits per heavy atom. The van der Waals surface area contributed by atoms with Gasteiger partial charge in [0.15, 0.2) is 0 Å². The van der Waals surface area contributed by atoms with E-state index in [1.54, 1.807) is 12.1 Å². The quantitative estimate of drug-likeness (QED) is 0.796. The van der Waals surface area contributed by atoms with E-state index < -0.39 is 10.0 Å². The van der Waals surface area contributed by atoms with Crippen LogP contribution in [0.4, 0.5) is 10.5 Å². The van der Waals surface area contributed by atoms with Crippen LogP contribution in [0.1, 0.15) is 11.1 Å². The number of carbonyl (C=O) groups is 1. The van der Waals surface area contributed by atoms with Gasteiger partial charge in [-0.3, -0.25) is 0 Å². The zero-order valence-corrected chi connectivity index (χ0v) is 15.2. The van der Waals surface area contributed by atoms with Crippen molar-refractivity contribution in [2.45, 2.75) is 13.5 Å². The van der Waals surface area contributed by atoms with E-state index in [9.17, 15) is 13.2 Å². The molecule has 2 amide bonds. The van der Waals surface area contributed by atoms with Crippen molar-refractivity contribution in [3.05, 3.63) is 65.7 Å². The number of carbonyl (C=O) groups excluding carboxylic acids is 1. The van der Waals surface area contributed by atoms with E-state index in [4.69, 9.17) is 0 Å². The summed E-state index contributed by atoms with van der Waals surface area (Å²) in [5.41, 5.74) is 2.71. The second kappa shape index (κ2) is 8.64. The lowest BCUT2D eigenvalue weighted by Crippen LogP contribution is -2.39. The molecule has 0 saturated heterocycles. The number of benzene rings is 2. The summed E-state index contributed by atoms with van der Waals surface area (Å²) in [4.78, 5) is 11.8. The molecule has 0 aliphatic carbocycles. The standard InChI is InChI=1S/C18H23N3O3S/c1-15-8-10-16(11-9-15)14-21(25(2,23)24)13-12-19-18(22)20-17-6-4-3-5-7-17/h3-11H,12-14H2,1-2H3,(H2,19,20,22). The van der Waals surface area contributed by atoms with Crippen LogP contribution in [0.15, 0.2) is 54.6 Å². The Morgan fingerprint density at radius 3 is 2.28 bits per heavy atom. The summed E-state index contributed by atoms with van der Waals surface area (Å²) in [6.45, 7) is 2.68. The summed E-state index contributed by atoms with van der Waals surface area (Å²) in [5, 5.41) is 5.36. The maximum atomic E-state index is 12.0. The average Bonchev–Trinajstić information content (AvgIpc) is 2.56. The summed E-state index contributed by atoms with van der Waals surface area (Å²) in [6, 6.07) is 16.4. The fraction of sp³-hybridized carbons (Fsp3) is 0.278. The Bertz CT molecular complexity index is 790. The molecule has 0 aromatic heterocycles. The monoisotopic (exact) mass is 361 g/mol. The number of amides is 2. The first-order chi connectivity index (χ1) is 11.8. The van der Waals surface area contributed by atoms with E-state index in [2.05, 4.69) is 10.6 Å². The number of rotatable bonds is 7. The smallest absolute Gasteiger partial charge is 0.319 e. The van der Waals surface area contributed by atoms with Crippen LogP contribution in [-0.4, -0.2) is 38.1 Å². The van der Waals surface area contributed by atoms with Gasteiger partial charge in [0, 0.05) is 25.3 Å². The molecular weight excluding hydrogens is 338 g/mol. The molecule has 0 aliphatic heterocycles. The minimum atomic E-state index is -3.37. The first-order valence-electron chi connectivity index (χ1n) is 7.95. The van der Waals surface area contributed by atoms with Crippen LogP contribution in [0.2, 0.25) is 0 Å². The number of aryl methyl sites for hydroxylation is 1. The molecule has 134 valence electrons. The van der Waals surface area contributed by atoms with Gasteiger partial charge < -0.3 is 10.6 Å². The van der Waals surface area contributed by atoms with Crippen molar-refractivity contribution in [3.63, 3.8) is 0 Å². The Kier molecular flexibility index (Phi) is 6.55. The number of para-hydroxylation sites is 1. The predicted molar refractivity (Wildman–Crippen MR) is 99.9 cm³/mol. The summed E-state index contributed by atoms with van der Waals surface area (Å²) in [7, 11) is -3.37. The van der Waals surface area contributed by atoms with Crippen molar-refractivity contribution in [1.29, 1.82) is 0 Å². The van der Waals surface area contributed by atoms with Crippen LogP contribution in [0.25, 0.3) is 0 Å². The van der Waals surface area contributed by atoms with Gasteiger partial charge in [-0.15, -0.1) is 0 Å². The highest BCUT2D eigenvalue weighted by atomic mass is 32.2. The van der Waals surface area contributed by atoms with Crippen molar-refractivity contribution in [2.75, 3.05) is 24.7 Å². The van der Waals surface area contributed by atoms with E-state index in [1.807, 2.05) is 49.4 Å². The summed E-state index contributed by atoms with van der Waals surface area (Å²) >= 11 is 0. The predicted octanol–water partition coefficient (Wildman–Crippen LogP) is 2.58. The third kappa shape index (κ3) is 6.56. The van der Waals surface area contributed by atoms with Gasteiger partial charge in [0.25, 0.3) is 0 Å². The molecular formula is C18H23N3O3S. The van der Waals surface area contributed by atoms with Crippen LogP contribution in [0.5, 0.6) is 0 Å². The molecule has 2 N–H and O–H groups in total. The lowest BCUT2D eigenvalue weighted by Gasteiger charge is -2.20. The number of urea groups is 1. The Hall–Kier alpha value is -2.38. The van der Waals surface area contributed by atoms with E-state index in [0.717, 1.165) is 11.1 Å². The Morgan fingerprint density at radius 1 is 1.04 bits per heavy atom. The molecule has 0 saturated carbocycles. The van der Waals surface area contributed by atoms with Crippen molar-refractivity contribution < 1.29 is 13.2 Å². The van der Waals surface area contributed by atoms with Gasteiger partial charge in [-0.2, -0.15) is 4.31 Å². The van der Waals surface area contributed by atoms with E-state index >= 15 is 0 Å². The summed E-state index contributed by atoms with van der Waals surface area (Å²) in [6.07, 6.45) is 1.17. The van der Waals surface area contributed by atoms with Crippen LogP contribution < -0.4 is 10.6 Å². The van der Waals surface area contributed by atoms with Crippen molar-refractivity contribution in [1.82, 2.24) is 9.62 Å². The molecule has 2 aromatic rings. The maximum absolute atomic E-state index is 12.0. The topological polar surface area (TPSA) is 78.5 Å². The molecule has 0 spiro atoms. The number of nitrogens with zero attached hydrogens (tertiary/aromatic N) is 1. The third-order valence-corrected chi connectivity index (χ3v) is 4.88. The lowest BCUT2D eigenvalue weighted by atomic mass is 10.1. The van der Waals surface area contributed by atoms with Crippen molar-refractivity contribution in [2.24, 2.45) is 0 Å². The average molecular weight is 361 g/mol. The molecule has 0 heterocycles. The Balaban J connectivity index is 1.87. The molecule has 0 unspecified atom stereocenters. The molecule has 7 heteroatoms. The van der Waals surface area contributed by atoms with Gasteiger partial charge in [-0.05, 0) is 24.6 Å². The van der Waals surface area contributed by atoms with Gasteiger partial charge in [0.2, 0.25) is 10.0 Å². The second-order valence-electron chi connectivity index (χ2n) is 5.83. The number of anilines is 1. The van der Waals surface area contributed by atoms with Gasteiger partial charge in [0.05, 0.1) is 6.26 Å². The first kappa shape index (κ1) is 19.0. The number of hydrogen-bond acceptors (Lipinski definition) is 3. The molecule has 0 bridgehead atoms. The molecule has 2 rings (SSSR count).